The van der Waals surface area contributed by atoms with Gasteiger partial charge in [-0.25, -0.2) is 4.98 Å². The molecule has 0 aliphatic carbocycles. The van der Waals surface area contributed by atoms with Crippen molar-refractivity contribution in [2.75, 3.05) is 11.1 Å². The number of hydrogen-bond acceptors (Lipinski definition) is 5. The average Bonchev–Trinajstić information content (AvgIpc) is 3.24. The number of anilines is 1. The van der Waals surface area contributed by atoms with E-state index in [-0.39, 0.29) is 11.7 Å². The molecule has 6 nitrogen and oxygen atoms in total. The average molecular weight is 401 g/mol. The predicted molar refractivity (Wildman–Crippen MR) is 115 cm³/mol. The summed E-state index contributed by atoms with van der Waals surface area (Å²) in [6.07, 6.45) is 4.16. The quantitative estimate of drug-likeness (QED) is 0.454. The third-order valence-electron chi connectivity index (χ3n) is 4.28. The number of H-pyrrole nitrogens is 1. The summed E-state index contributed by atoms with van der Waals surface area (Å²) in [5.74, 6) is 0.794. The van der Waals surface area contributed by atoms with E-state index < -0.39 is 0 Å². The lowest BCUT2D eigenvalue weighted by molar-refractivity contribution is -0.113. The molecule has 2 heterocycles. The Morgan fingerprint density at radius 1 is 0.966 bits per heavy atom. The van der Waals surface area contributed by atoms with Gasteiger partial charge in [0.1, 0.15) is 0 Å². The van der Waals surface area contributed by atoms with Crippen molar-refractivity contribution in [3.8, 4) is 11.4 Å². The number of nitrogens with one attached hydrogen (secondary N) is 2. The number of carbonyl (C=O) groups is 1. The summed E-state index contributed by atoms with van der Waals surface area (Å²) in [6.45, 7) is 0. The van der Waals surface area contributed by atoms with Crippen LogP contribution in [0.15, 0.2) is 84.3 Å². The number of benzene rings is 2. The SMILES string of the molecule is O=C(CSc1n[nH]c(-c2ccncc2)n1)Nc1ccccc1Cc1ccccc1. The first-order valence-electron chi connectivity index (χ1n) is 9.15. The van der Waals surface area contributed by atoms with Gasteiger partial charge < -0.3 is 5.32 Å². The zero-order valence-electron chi connectivity index (χ0n) is 15.6. The van der Waals surface area contributed by atoms with Gasteiger partial charge in [-0.15, -0.1) is 5.10 Å². The third kappa shape index (κ3) is 5.08. The van der Waals surface area contributed by atoms with Gasteiger partial charge in [-0.2, -0.15) is 0 Å². The Morgan fingerprint density at radius 2 is 1.72 bits per heavy atom. The van der Waals surface area contributed by atoms with E-state index in [9.17, 15) is 4.79 Å². The summed E-state index contributed by atoms with van der Waals surface area (Å²) in [5, 5.41) is 10.6. The molecule has 2 aromatic carbocycles. The van der Waals surface area contributed by atoms with Crippen molar-refractivity contribution in [1.29, 1.82) is 0 Å². The van der Waals surface area contributed by atoms with E-state index in [0.29, 0.717) is 11.0 Å². The van der Waals surface area contributed by atoms with Crippen LogP contribution in [0.2, 0.25) is 0 Å². The first kappa shape index (κ1) is 18.9. The van der Waals surface area contributed by atoms with E-state index in [2.05, 4.69) is 37.6 Å². The molecule has 2 aromatic heterocycles. The van der Waals surface area contributed by atoms with E-state index in [1.54, 1.807) is 12.4 Å². The lowest BCUT2D eigenvalue weighted by atomic mass is 10.0. The standard InChI is InChI=1S/C22H19N5OS/c28-20(15-29-22-25-21(26-27-22)17-10-12-23-13-11-17)24-19-9-5-4-8-18(19)14-16-6-2-1-3-7-16/h1-13H,14-15H2,(H,24,28)(H,25,26,27). The predicted octanol–water partition coefficient (Wildman–Crippen LogP) is 4.19. The van der Waals surface area contributed by atoms with Gasteiger partial charge in [-0.3, -0.25) is 14.9 Å². The van der Waals surface area contributed by atoms with Crippen LogP contribution in [-0.2, 0) is 11.2 Å². The molecule has 0 aliphatic rings. The minimum atomic E-state index is -0.0919. The number of carbonyl (C=O) groups excluding carboxylic acids is 1. The number of aromatic amines is 1. The molecule has 4 rings (SSSR count). The zero-order valence-corrected chi connectivity index (χ0v) is 16.4. The van der Waals surface area contributed by atoms with Gasteiger partial charge in [0.2, 0.25) is 11.1 Å². The first-order valence-corrected chi connectivity index (χ1v) is 10.1. The summed E-state index contributed by atoms with van der Waals surface area (Å²) in [4.78, 5) is 20.9. The fourth-order valence-electron chi connectivity index (χ4n) is 2.88. The van der Waals surface area contributed by atoms with Crippen LogP contribution in [0, 0.1) is 0 Å². The number of rotatable bonds is 7. The summed E-state index contributed by atoms with van der Waals surface area (Å²) in [6, 6.07) is 21.8. The summed E-state index contributed by atoms with van der Waals surface area (Å²) in [7, 11) is 0. The van der Waals surface area contributed by atoms with Crippen molar-refractivity contribution in [3.05, 3.63) is 90.3 Å². The molecule has 0 atom stereocenters. The highest BCUT2D eigenvalue weighted by molar-refractivity contribution is 7.99. The van der Waals surface area contributed by atoms with Crippen LogP contribution >= 0.6 is 11.8 Å². The molecule has 2 N–H and O–H groups in total. The van der Waals surface area contributed by atoms with E-state index in [1.165, 1.54) is 17.3 Å². The van der Waals surface area contributed by atoms with E-state index in [1.807, 2.05) is 54.6 Å². The molecule has 0 radical (unpaired) electrons. The lowest BCUT2D eigenvalue weighted by Gasteiger charge is -2.11. The van der Waals surface area contributed by atoms with Crippen LogP contribution in [0.4, 0.5) is 5.69 Å². The van der Waals surface area contributed by atoms with Gasteiger partial charge in [0.15, 0.2) is 5.82 Å². The highest BCUT2D eigenvalue weighted by Gasteiger charge is 2.11. The van der Waals surface area contributed by atoms with Crippen molar-refractivity contribution in [2.24, 2.45) is 0 Å². The second-order valence-electron chi connectivity index (χ2n) is 6.36. The Kier molecular flexibility index (Phi) is 5.97. The molecule has 29 heavy (non-hydrogen) atoms. The van der Waals surface area contributed by atoms with E-state index in [0.717, 1.165) is 23.2 Å². The minimum absolute atomic E-state index is 0.0919. The van der Waals surface area contributed by atoms with E-state index in [4.69, 9.17) is 0 Å². The van der Waals surface area contributed by atoms with Crippen LogP contribution < -0.4 is 5.32 Å². The molecule has 0 saturated heterocycles. The molecular formula is C22H19N5OS. The van der Waals surface area contributed by atoms with Crippen molar-refractivity contribution in [1.82, 2.24) is 20.2 Å². The number of pyridine rings is 1. The maximum atomic E-state index is 12.5. The van der Waals surface area contributed by atoms with Gasteiger partial charge in [-0.05, 0) is 35.7 Å². The smallest absolute Gasteiger partial charge is 0.234 e. The van der Waals surface area contributed by atoms with Crippen molar-refractivity contribution >= 4 is 23.4 Å². The fourth-order valence-corrected chi connectivity index (χ4v) is 3.48. The summed E-state index contributed by atoms with van der Waals surface area (Å²) < 4.78 is 0. The van der Waals surface area contributed by atoms with Crippen LogP contribution in [-0.4, -0.2) is 31.8 Å². The molecular weight excluding hydrogens is 382 g/mol. The van der Waals surface area contributed by atoms with Crippen molar-refractivity contribution in [2.45, 2.75) is 11.6 Å². The minimum Gasteiger partial charge on any atom is -0.325 e. The van der Waals surface area contributed by atoms with Crippen molar-refractivity contribution in [3.63, 3.8) is 0 Å². The van der Waals surface area contributed by atoms with Crippen LogP contribution in [0.5, 0.6) is 0 Å². The topological polar surface area (TPSA) is 83.6 Å². The molecule has 1 amide bonds. The Balaban J connectivity index is 1.36. The van der Waals surface area contributed by atoms with Crippen molar-refractivity contribution < 1.29 is 4.79 Å². The summed E-state index contributed by atoms with van der Waals surface area (Å²) in [5.41, 5.74) is 4.01. The Labute approximate surface area is 172 Å². The number of hydrogen-bond donors (Lipinski definition) is 2. The Hall–Kier alpha value is -3.45. The second-order valence-corrected chi connectivity index (χ2v) is 7.30. The van der Waals surface area contributed by atoms with Gasteiger partial charge in [0.25, 0.3) is 0 Å². The number of thioether (sulfide) groups is 1. The number of nitrogens with zero attached hydrogens (tertiary/aromatic N) is 3. The summed E-state index contributed by atoms with van der Waals surface area (Å²) >= 11 is 1.29. The highest BCUT2D eigenvalue weighted by atomic mass is 32.2. The molecule has 0 aliphatic heterocycles. The van der Waals surface area contributed by atoms with Gasteiger partial charge in [0.05, 0.1) is 5.75 Å². The van der Waals surface area contributed by atoms with Gasteiger partial charge in [-0.1, -0.05) is 60.3 Å². The first-order chi connectivity index (χ1) is 14.3. The molecule has 0 unspecified atom stereocenters. The molecule has 0 saturated carbocycles. The number of aromatic nitrogens is 4. The van der Waals surface area contributed by atoms with E-state index >= 15 is 0 Å². The van der Waals surface area contributed by atoms with Crippen LogP contribution in [0.25, 0.3) is 11.4 Å². The van der Waals surface area contributed by atoms with Crippen LogP contribution in [0.1, 0.15) is 11.1 Å². The zero-order chi connectivity index (χ0) is 19.9. The van der Waals surface area contributed by atoms with Gasteiger partial charge >= 0.3 is 0 Å². The number of amides is 1. The molecule has 7 heteroatoms. The third-order valence-corrected chi connectivity index (χ3v) is 5.13. The monoisotopic (exact) mass is 401 g/mol. The Bertz CT molecular complexity index is 1080. The largest absolute Gasteiger partial charge is 0.325 e. The number of para-hydroxylation sites is 1. The maximum Gasteiger partial charge on any atom is 0.234 e. The highest BCUT2D eigenvalue weighted by Crippen LogP contribution is 2.21. The molecule has 0 fully saturated rings. The molecule has 4 aromatic rings. The lowest BCUT2D eigenvalue weighted by Crippen LogP contribution is -2.15. The molecule has 0 spiro atoms. The Morgan fingerprint density at radius 3 is 2.55 bits per heavy atom. The molecule has 144 valence electrons. The normalized spacial score (nSPS) is 10.6. The van der Waals surface area contributed by atoms with Crippen LogP contribution in [0.3, 0.4) is 0 Å². The fraction of sp³-hybridized carbons (Fsp3) is 0.0909. The van der Waals surface area contributed by atoms with Gasteiger partial charge in [0, 0.05) is 23.6 Å². The molecule has 0 bridgehead atoms. The second kappa shape index (κ2) is 9.16. The maximum absolute atomic E-state index is 12.5.